The zero-order valence-electron chi connectivity index (χ0n) is 11.0. The fraction of sp³-hybridized carbons (Fsp3) is 0.500. The zero-order chi connectivity index (χ0) is 15.0. The molecule has 1 aliphatic rings. The van der Waals surface area contributed by atoms with E-state index in [-0.39, 0.29) is 17.1 Å². The first-order valence-corrected chi connectivity index (χ1v) is 7.99. The number of aliphatic hydroxyl groups is 1. The van der Waals surface area contributed by atoms with Crippen LogP contribution in [0.3, 0.4) is 0 Å². The van der Waals surface area contributed by atoms with E-state index in [9.17, 15) is 13.5 Å². The van der Waals surface area contributed by atoms with Crippen molar-refractivity contribution in [2.75, 3.05) is 18.9 Å². The van der Waals surface area contributed by atoms with Crippen LogP contribution >= 0.6 is 11.6 Å². The Kier molecular flexibility index (Phi) is 4.27. The lowest BCUT2D eigenvalue weighted by atomic mass is 9.97. The number of sulfonamides is 1. The van der Waals surface area contributed by atoms with Gasteiger partial charge in [0.05, 0.1) is 21.7 Å². The third-order valence-electron chi connectivity index (χ3n) is 3.51. The molecule has 2 unspecified atom stereocenters. The molecule has 1 aromatic rings. The van der Waals surface area contributed by atoms with Gasteiger partial charge in [-0.15, -0.1) is 0 Å². The maximum Gasteiger partial charge on any atom is 0.240 e. The van der Waals surface area contributed by atoms with Crippen molar-refractivity contribution >= 4 is 27.3 Å². The molecule has 2 atom stereocenters. The zero-order valence-corrected chi connectivity index (χ0v) is 12.5. The first-order valence-electron chi connectivity index (χ1n) is 6.13. The lowest BCUT2D eigenvalue weighted by Gasteiger charge is -2.26. The van der Waals surface area contributed by atoms with Crippen LogP contribution in [0, 0.1) is 0 Å². The number of nitrogen functional groups attached to an aromatic ring is 1. The van der Waals surface area contributed by atoms with Gasteiger partial charge >= 0.3 is 0 Å². The Morgan fingerprint density at radius 1 is 1.60 bits per heavy atom. The lowest BCUT2D eigenvalue weighted by molar-refractivity contribution is -0.0228. The van der Waals surface area contributed by atoms with Gasteiger partial charge in [-0.2, -0.15) is 0 Å². The quantitative estimate of drug-likeness (QED) is 0.710. The number of hydrogen-bond donors (Lipinski definition) is 3. The highest BCUT2D eigenvalue weighted by Gasteiger charge is 2.40. The minimum Gasteiger partial charge on any atom is -0.397 e. The highest BCUT2D eigenvalue weighted by atomic mass is 35.5. The molecule has 0 aliphatic carbocycles. The minimum atomic E-state index is -3.75. The summed E-state index contributed by atoms with van der Waals surface area (Å²) in [6, 6.07) is 4.06. The van der Waals surface area contributed by atoms with Crippen molar-refractivity contribution in [3.63, 3.8) is 0 Å². The first-order chi connectivity index (χ1) is 9.24. The summed E-state index contributed by atoms with van der Waals surface area (Å²) in [6.07, 6.45) is -0.0279. The van der Waals surface area contributed by atoms with Gasteiger partial charge in [0.2, 0.25) is 10.0 Å². The summed E-state index contributed by atoms with van der Waals surface area (Å²) < 4.78 is 31.9. The van der Waals surface area contributed by atoms with Crippen molar-refractivity contribution in [2.45, 2.75) is 29.9 Å². The molecule has 0 amide bonds. The molecule has 1 saturated heterocycles. The van der Waals surface area contributed by atoms with E-state index in [1.807, 2.05) is 0 Å². The van der Waals surface area contributed by atoms with Gasteiger partial charge in [-0.05, 0) is 25.1 Å². The maximum absolute atomic E-state index is 12.1. The van der Waals surface area contributed by atoms with E-state index in [1.165, 1.54) is 18.2 Å². The summed E-state index contributed by atoms with van der Waals surface area (Å²) in [4.78, 5) is 0.00886. The number of benzene rings is 1. The molecule has 1 heterocycles. The van der Waals surface area contributed by atoms with Crippen LogP contribution in [-0.4, -0.2) is 38.4 Å². The minimum absolute atomic E-state index is 0.00886. The van der Waals surface area contributed by atoms with Crippen LogP contribution in [0.15, 0.2) is 23.1 Å². The molecule has 0 spiro atoms. The smallest absolute Gasteiger partial charge is 0.240 e. The molecular weight excluding hydrogens is 304 g/mol. The SMILES string of the molecule is CC1OCCC1(O)CNS(=O)(=O)c1ccc(Cl)c(N)c1. The van der Waals surface area contributed by atoms with Gasteiger partial charge < -0.3 is 15.6 Å². The Hall–Kier alpha value is -0.860. The predicted octanol–water partition coefficient (Wildman–Crippen LogP) is 0.740. The van der Waals surface area contributed by atoms with Crippen LogP contribution in [0.1, 0.15) is 13.3 Å². The number of nitrogens with two attached hydrogens (primary N) is 1. The second-order valence-electron chi connectivity index (χ2n) is 4.87. The fourth-order valence-corrected chi connectivity index (χ4v) is 3.25. The van der Waals surface area contributed by atoms with Crippen LogP contribution in [0.5, 0.6) is 0 Å². The highest BCUT2D eigenvalue weighted by molar-refractivity contribution is 7.89. The van der Waals surface area contributed by atoms with Crippen molar-refractivity contribution < 1.29 is 18.3 Å². The number of ether oxygens (including phenoxy) is 1. The molecular formula is C12H17ClN2O4S. The van der Waals surface area contributed by atoms with E-state index in [2.05, 4.69) is 4.72 Å². The van der Waals surface area contributed by atoms with Crippen molar-refractivity contribution in [3.8, 4) is 0 Å². The Labute approximate surface area is 122 Å². The van der Waals surface area contributed by atoms with Crippen LogP contribution in [0.4, 0.5) is 5.69 Å². The first kappa shape index (κ1) is 15.5. The molecule has 6 nitrogen and oxygen atoms in total. The molecule has 1 aromatic carbocycles. The van der Waals surface area contributed by atoms with Crippen molar-refractivity contribution in [2.24, 2.45) is 0 Å². The highest BCUT2D eigenvalue weighted by Crippen LogP contribution is 2.26. The summed E-state index contributed by atoms with van der Waals surface area (Å²) in [5.74, 6) is 0. The third-order valence-corrected chi connectivity index (χ3v) is 5.25. The van der Waals surface area contributed by atoms with Gasteiger partial charge in [0.1, 0.15) is 5.60 Å². The molecule has 4 N–H and O–H groups in total. The Morgan fingerprint density at radius 2 is 2.30 bits per heavy atom. The maximum atomic E-state index is 12.1. The molecule has 1 aliphatic heterocycles. The van der Waals surface area contributed by atoms with Gasteiger partial charge in [-0.25, -0.2) is 13.1 Å². The van der Waals surface area contributed by atoms with Gasteiger partial charge in [0.15, 0.2) is 0 Å². The van der Waals surface area contributed by atoms with E-state index in [1.54, 1.807) is 6.92 Å². The Bertz CT molecular complexity index is 607. The average molecular weight is 321 g/mol. The molecule has 8 heteroatoms. The molecule has 112 valence electrons. The van der Waals surface area contributed by atoms with Crippen LogP contribution in [0.2, 0.25) is 5.02 Å². The van der Waals surface area contributed by atoms with Gasteiger partial charge in [0.25, 0.3) is 0 Å². The Balaban J connectivity index is 2.13. The second kappa shape index (κ2) is 5.50. The van der Waals surface area contributed by atoms with E-state index < -0.39 is 21.7 Å². The van der Waals surface area contributed by atoms with E-state index in [0.29, 0.717) is 18.1 Å². The standard InChI is InChI=1S/C12H17ClN2O4S/c1-8-12(16,4-5-19-8)7-15-20(17,18)9-2-3-10(13)11(14)6-9/h2-3,6,8,15-16H,4-5,7,14H2,1H3. The number of anilines is 1. The van der Waals surface area contributed by atoms with E-state index >= 15 is 0 Å². The van der Waals surface area contributed by atoms with Crippen LogP contribution < -0.4 is 10.5 Å². The average Bonchev–Trinajstić information content (AvgIpc) is 2.71. The molecule has 20 heavy (non-hydrogen) atoms. The molecule has 0 aromatic heterocycles. The van der Waals surface area contributed by atoms with Crippen LogP contribution in [0.25, 0.3) is 0 Å². The lowest BCUT2D eigenvalue weighted by Crippen LogP contribution is -2.47. The van der Waals surface area contributed by atoms with Gasteiger partial charge in [0, 0.05) is 19.6 Å². The molecule has 0 saturated carbocycles. The molecule has 0 radical (unpaired) electrons. The fourth-order valence-electron chi connectivity index (χ4n) is 2.00. The summed E-state index contributed by atoms with van der Waals surface area (Å²) >= 11 is 5.76. The number of halogens is 1. The third kappa shape index (κ3) is 3.07. The molecule has 2 rings (SSSR count). The number of rotatable bonds is 4. The summed E-state index contributed by atoms with van der Waals surface area (Å²) in [5.41, 5.74) is 4.59. The molecule has 1 fully saturated rings. The monoisotopic (exact) mass is 320 g/mol. The van der Waals surface area contributed by atoms with Gasteiger partial charge in [-0.1, -0.05) is 11.6 Å². The van der Waals surface area contributed by atoms with E-state index in [4.69, 9.17) is 22.1 Å². The van der Waals surface area contributed by atoms with Crippen LogP contribution in [-0.2, 0) is 14.8 Å². The van der Waals surface area contributed by atoms with Gasteiger partial charge in [-0.3, -0.25) is 0 Å². The normalized spacial score (nSPS) is 26.9. The van der Waals surface area contributed by atoms with Crippen molar-refractivity contribution in [1.82, 2.24) is 4.72 Å². The number of nitrogens with one attached hydrogen (secondary N) is 1. The molecule has 0 bridgehead atoms. The predicted molar refractivity (Wildman–Crippen MR) is 76.0 cm³/mol. The summed E-state index contributed by atoms with van der Waals surface area (Å²) in [5, 5.41) is 10.6. The Morgan fingerprint density at radius 3 is 2.85 bits per heavy atom. The number of hydrogen-bond acceptors (Lipinski definition) is 5. The summed E-state index contributed by atoms with van der Waals surface area (Å²) in [7, 11) is -3.75. The largest absolute Gasteiger partial charge is 0.397 e. The summed E-state index contributed by atoms with van der Waals surface area (Å²) in [6.45, 7) is 2.01. The van der Waals surface area contributed by atoms with E-state index in [0.717, 1.165) is 0 Å². The second-order valence-corrected chi connectivity index (χ2v) is 7.05. The van der Waals surface area contributed by atoms with Crippen molar-refractivity contribution in [3.05, 3.63) is 23.2 Å². The van der Waals surface area contributed by atoms with Crippen molar-refractivity contribution in [1.29, 1.82) is 0 Å². The topological polar surface area (TPSA) is 102 Å².